The molecular weight excluding hydrogens is 370 g/mol. The lowest BCUT2D eigenvalue weighted by Crippen LogP contribution is -2.59. The number of carbonyl (C=O) groups excluding carboxylic acids is 2. The van der Waals surface area contributed by atoms with Crippen molar-refractivity contribution in [1.29, 1.82) is 0 Å². The third-order valence-corrected chi connectivity index (χ3v) is 6.87. The molecule has 1 aromatic carbocycles. The predicted molar refractivity (Wildman–Crippen MR) is 104 cm³/mol. The highest BCUT2D eigenvalue weighted by Gasteiger charge is 2.50. The molecule has 1 aliphatic heterocycles. The van der Waals surface area contributed by atoms with E-state index in [0.29, 0.717) is 24.5 Å². The summed E-state index contributed by atoms with van der Waals surface area (Å²) in [5, 5.41) is 5.80. The highest BCUT2D eigenvalue weighted by atomic mass is 32.2. The number of anilines is 1. The first kappa shape index (κ1) is 21.2. The maximum atomic E-state index is 13.1. The molecule has 1 saturated heterocycles. The lowest BCUT2D eigenvalue weighted by molar-refractivity contribution is -0.137. The zero-order valence-corrected chi connectivity index (χ0v) is 16.8. The first-order valence-electron chi connectivity index (χ1n) is 8.87. The van der Waals surface area contributed by atoms with Crippen LogP contribution in [-0.4, -0.2) is 69.4 Å². The van der Waals surface area contributed by atoms with E-state index in [1.807, 2.05) is 0 Å². The van der Waals surface area contributed by atoms with Gasteiger partial charge in [0.15, 0.2) is 14.6 Å². The van der Waals surface area contributed by atoms with Crippen molar-refractivity contribution >= 4 is 27.3 Å². The Hall–Kier alpha value is -2.13. The van der Waals surface area contributed by atoms with E-state index >= 15 is 0 Å². The lowest BCUT2D eigenvalue weighted by atomic mass is 9.95. The van der Waals surface area contributed by atoms with Crippen molar-refractivity contribution < 1.29 is 22.7 Å². The fraction of sp³-hybridized carbons (Fsp3) is 0.556. The van der Waals surface area contributed by atoms with Gasteiger partial charge in [0.1, 0.15) is 5.75 Å². The van der Waals surface area contributed by atoms with Crippen molar-refractivity contribution in [2.45, 2.75) is 24.5 Å². The number of likely N-dealkylation sites (N-methyl/N-ethyl adjacent to an activating group) is 1. The first-order valence-corrected chi connectivity index (χ1v) is 10.8. The van der Waals surface area contributed by atoms with Gasteiger partial charge in [0.05, 0.1) is 13.7 Å². The summed E-state index contributed by atoms with van der Waals surface area (Å²) in [5.74, 6) is -0.298. The third kappa shape index (κ3) is 4.78. The fourth-order valence-electron chi connectivity index (χ4n) is 3.26. The Morgan fingerprint density at radius 2 is 1.96 bits per heavy atom. The Morgan fingerprint density at radius 1 is 1.30 bits per heavy atom. The molecule has 2 N–H and O–H groups in total. The Labute approximate surface area is 160 Å². The number of methoxy groups -OCH3 is 1. The van der Waals surface area contributed by atoms with Gasteiger partial charge in [-0.15, -0.1) is 0 Å². The minimum absolute atomic E-state index is 0.207. The van der Waals surface area contributed by atoms with Crippen molar-refractivity contribution in [1.82, 2.24) is 10.2 Å². The SMILES string of the molecule is CCN(CC(=O)Nc1cccc(OC)c1)C(=O)C1(S(C)(=O)=O)CCNCC1. The molecule has 1 aromatic rings. The summed E-state index contributed by atoms with van der Waals surface area (Å²) in [6.45, 7) is 2.67. The van der Waals surface area contributed by atoms with Gasteiger partial charge in [-0.1, -0.05) is 6.07 Å². The topological polar surface area (TPSA) is 105 Å². The van der Waals surface area contributed by atoms with Crippen LogP contribution in [0.15, 0.2) is 24.3 Å². The molecule has 150 valence electrons. The molecule has 0 saturated carbocycles. The normalized spacial score (nSPS) is 16.4. The molecule has 0 radical (unpaired) electrons. The number of hydrogen-bond acceptors (Lipinski definition) is 6. The lowest BCUT2D eigenvalue weighted by Gasteiger charge is -2.38. The second kappa shape index (κ2) is 8.71. The van der Waals surface area contributed by atoms with Gasteiger partial charge in [0.2, 0.25) is 11.8 Å². The third-order valence-electron chi connectivity index (χ3n) is 4.87. The van der Waals surface area contributed by atoms with Crippen LogP contribution >= 0.6 is 0 Å². The molecule has 1 heterocycles. The maximum Gasteiger partial charge on any atom is 0.244 e. The highest BCUT2D eigenvalue weighted by molar-refractivity contribution is 7.92. The van der Waals surface area contributed by atoms with Gasteiger partial charge in [-0.3, -0.25) is 9.59 Å². The van der Waals surface area contributed by atoms with E-state index in [1.54, 1.807) is 31.2 Å². The van der Waals surface area contributed by atoms with Gasteiger partial charge in [0, 0.05) is 24.6 Å². The van der Waals surface area contributed by atoms with Crippen LogP contribution in [0.25, 0.3) is 0 Å². The predicted octanol–water partition coefficient (Wildman–Crippen LogP) is 0.649. The van der Waals surface area contributed by atoms with Gasteiger partial charge < -0.3 is 20.3 Å². The van der Waals surface area contributed by atoms with E-state index in [2.05, 4.69) is 10.6 Å². The molecule has 0 bridgehead atoms. The molecule has 0 spiro atoms. The summed E-state index contributed by atoms with van der Waals surface area (Å²) >= 11 is 0. The Kier molecular flexibility index (Phi) is 6.83. The molecule has 2 amide bonds. The molecule has 8 nitrogen and oxygen atoms in total. The number of ether oxygens (including phenoxy) is 1. The van der Waals surface area contributed by atoms with Gasteiger partial charge in [-0.05, 0) is 45.0 Å². The highest BCUT2D eigenvalue weighted by Crippen LogP contribution is 2.30. The van der Waals surface area contributed by atoms with Gasteiger partial charge in [-0.25, -0.2) is 8.42 Å². The van der Waals surface area contributed by atoms with Gasteiger partial charge >= 0.3 is 0 Å². The number of benzene rings is 1. The standard InChI is InChI=1S/C18H27N3O5S/c1-4-21(13-16(22)20-14-6-5-7-15(12-14)26-2)17(23)18(27(3,24)25)8-10-19-11-9-18/h5-7,12,19H,4,8-11,13H2,1-3H3,(H,20,22). The number of hydrogen-bond donors (Lipinski definition) is 2. The largest absolute Gasteiger partial charge is 0.497 e. The first-order chi connectivity index (χ1) is 12.7. The molecule has 27 heavy (non-hydrogen) atoms. The van der Waals surface area contributed by atoms with Crippen LogP contribution in [0.5, 0.6) is 5.75 Å². The minimum Gasteiger partial charge on any atom is -0.497 e. The number of nitrogens with one attached hydrogen (secondary N) is 2. The van der Waals surface area contributed by atoms with Crippen molar-refractivity contribution in [2.24, 2.45) is 0 Å². The molecule has 1 aliphatic rings. The summed E-state index contributed by atoms with van der Waals surface area (Å²) in [4.78, 5) is 26.8. The van der Waals surface area contributed by atoms with E-state index < -0.39 is 26.4 Å². The quantitative estimate of drug-likeness (QED) is 0.700. The molecule has 1 fully saturated rings. The van der Waals surface area contributed by atoms with Crippen molar-refractivity contribution in [3.8, 4) is 5.75 Å². The number of sulfone groups is 1. The number of amides is 2. The molecule has 0 atom stereocenters. The van der Waals surface area contributed by atoms with E-state index in [-0.39, 0.29) is 25.9 Å². The summed E-state index contributed by atoms with van der Waals surface area (Å²) in [7, 11) is -2.10. The zero-order valence-electron chi connectivity index (χ0n) is 15.9. The van der Waals surface area contributed by atoms with Crippen LogP contribution in [0.3, 0.4) is 0 Å². The average Bonchev–Trinajstić information content (AvgIpc) is 2.65. The van der Waals surface area contributed by atoms with Crippen LogP contribution in [0.4, 0.5) is 5.69 Å². The number of piperidine rings is 1. The van der Waals surface area contributed by atoms with Crippen LogP contribution < -0.4 is 15.4 Å². The fourth-order valence-corrected chi connectivity index (χ4v) is 4.66. The smallest absolute Gasteiger partial charge is 0.244 e. The van der Waals surface area contributed by atoms with Crippen molar-refractivity contribution in [3.63, 3.8) is 0 Å². The molecule has 0 unspecified atom stereocenters. The van der Waals surface area contributed by atoms with E-state index in [1.165, 1.54) is 12.0 Å². The molecule has 9 heteroatoms. The monoisotopic (exact) mass is 397 g/mol. The Balaban J connectivity index is 2.14. The van der Waals surface area contributed by atoms with E-state index in [4.69, 9.17) is 4.74 Å². The molecular formula is C18H27N3O5S. The minimum atomic E-state index is -3.62. The Morgan fingerprint density at radius 3 is 2.52 bits per heavy atom. The Bertz CT molecular complexity index is 788. The zero-order chi connectivity index (χ0) is 20.1. The van der Waals surface area contributed by atoms with Crippen molar-refractivity contribution in [2.75, 3.05) is 44.9 Å². The number of rotatable bonds is 7. The molecule has 0 aromatic heterocycles. The van der Waals surface area contributed by atoms with E-state index in [0.717, 1.165) is 6.26 Å². The summed E-state index contributed by atoms with van der Waals surface area (Å²) < 4.78 is 28.5. The van der Waals surface area contributed by atoms with Gasteiger partial charge in [0.25, 0.3) is 0 Å². The maximum absolute atomic E-state index is 13.1. The van der Waals surface area contributed by atoms with Crippen LogP contribution in [0.1, 0.15) is 19.8 Å². The van der Waals surface area contributed by atoms with Crippen molar-refractivity contribution in [3.05, 3.63) is 24.3 Å². The second-order valence-electron chi connectivity index (χ2n) is 6.62. The van der Waals surface area contributed by atoms with Gasteiger partial charge in [-0.2, -0.15) is 0 Å². The van der Waals surface area contributed by atoms with Crippen LogP contribution in [0, 0.1) is 0 Å². The van der Waals surface area contributed by atoms with Crippen LogP contribution in [0.2, 0.25) is 0 Å². The average molecular weight is 397 g/mol. The summed E-state index contributed by atoms with van der Waals surface area (Å²) in [6.07, 6.45) is 1.51. The summed E-state index contributed by atoms with van der Waals surface area (Å²) in [5.41, 5.74) is 0.544. The number of nitrogens with zero attached hydrogens (tertiary/aromatic N) is 1. The molecule has 0 aliphatic carbocycles. The molecule has 2 rings (SSSR count). The van der Waals surface area contributed by atoms with E-state index in [9.17, 15) is 18.0 Å². The summed E-state index contributed by atoms with van der Waals surface area (Å²) in [6, 6.07) is 6.87. The second-order valence-corrected chi connectivity index (χ2v) is 8.94. The number of carbonyl (C=O) groups is 2. The van der Waals surface area contributed by atoms with Crippen LogP contribution in [-0.2, 0) is 19.4 Å².